The molecular formula is C21H23N5O2S. The van der Waals surface area contributed by atoms with E-state index in [4.69, 9.17) is 5.10 Å². The summed E-state index contributed by atoms with van der Waals surface area (Å²) in [4.78, 5) is 0.310. The normalized spacial score (nSPS) is 12.3. The lowest BCUT2D eigenvalue weighted by molar-refractivity contribution is 0.445. The van der Waals surface area contributed by atoms with Gasteiger partial charge in [0.05, 0.1) is 10.6 Å². The average molecular weight is 410 g/mol. The minimum Gasteiger partial charge on any atom is -0.207 e. The van der Waals surface area contributed by atoms with E-state index in [-0.39, 0.29) is 0 Å². The number of hydrogen-bond donors (Lipinski definition) is 0. The quantitative estimate of drug-likeness (QED) is 0.503. The van der Waals surface area contributed by atoms with Gasteiger partial charge in [0.25, 0.3) is 0 Å². The Hall–Kier alpha value is -2.84. The Morgan fingerprint density at radius 1 is 0.966 bits per heavy atom. The molecule has 8 heteroatoms. The second kappa shape index (κ2) is 7.20. The summed E-state index contributed by atoms with van der Waals surface area (Å²) in [5, 5.41) is 15.0. The number of fused-ring (bicyclic) bond motifs is 3. The van der Waals surface area contributed by atoms with E-state index >= 15 is 0 Å². The maximum absolute atomic E-state index is 13.2. The van der Waals surface area contributed by atoms with Crippen LogP contribution in [0.2, 0.25) is 0 Å². The van der Waals surface area contributed by atoms with Crippen LogP contribution in [0.15, 0.2) is 47.4 Å². The van der Waals surface area contributed by atoms with Gasteiger partial charge in [0.15, 0.2) is 11.5 Å². The number of rotatable bonds is 5. The fraction of sp³-hybridized carbons (Fsp3) is 0.286. The highest BCUT2D eigenvalue weighted by Gasteiger charge is 2.24. The predicted molar refractivity (Wildman–Crippen MR) is 113 cm³/mol. The molecule has 0 spiro atoms. The van der Waals surface area contributed by atoms with Crippen LogP contribution in [0.3, 0.4) is 0 Å². The molecule has 0 atom stereocenters. The van der Waals surface area contributed by atoms with Crippen molar-refractivity contribution in [2.45, 2.75) is 32.6 Å². The first-order valence-electron chi connectivity index (χ1n) is 9.60. The SMILES string of the molecule is CCN(CC)S(=O)(=O)c1cc(-c2nn3c(C)nnc3c3ccccc23)ccc1C. The maximum atomic E-state index is 13.2. The molecule has 0 saturated carbocycles. The van der Waals surface area contributed by atoms with Crippen molar-refractivity contribution in [3.05, 3.63) is 53.9 Å². The van der Waals surface area contributed by atoms with Crippen molar-refractivity contribution < 1.29 is 8.42 Å². The van der Waals surface area contributed by atoms with Crippen molar-refractivity contribution in [2.24, 2.45) is 0 Å². The van der Waals surface area contributed by atoms with Gasteiger partial charge in [0.1, 0.15) is 0 Å². The predicted octanol–water partition coefficient (Wildman–Crippen LogP) is 3.59. The van der Waals surface area contributed by atoms with Crippen LogP contribution in [-0.2, 0) is 10.0 Å². The number of nitrogens with zero attached hydrogens (tertiary/aromatic N) is 5. The molecule has 0 N–H and O–H groups in total. The molecule has 0 unspecified atom stereocenters. The molecule has 0 amide bonds. The summed E-state index contributed by atoms with van der Waals surface area (Å²) in [5.74, 6) is 0.676. The maximum Gasteiger partial charge on any atom is 0.243 e. The highest BCUT2D eigenvalue weighted by Crippen LogP contribution is 2.32. The van der Waals surface area contributed by atoms with Crippen molar-refractivity contribution in [1.82, 2.24) is 24.1 Å². The molecule has 4 aromatic rings. The molecular weight excluding hydrogens is 386 g/mol. The van der Waals surface area contributed by atoms with Gasteiger partial charge in [-0.15, -0.1) is 10.2 Å². The number of aromatic nitrogens is 4. The van der Waals surface area contributed by atoms with Gasteiger partial charge in [0.2, 0.25) is 10.0 Å². The third-order valence-electron chi connectivity index (χ3n) is 5.20. The van der Waals surface area contributed by atoms with Gasteiger partial charge in [0, 0.05) is 29.4 Å². The van der Waals surface area contributed by atoms with Crippen LogP contribution in [0, 0.1) is 13.8 Å². The molecule has 0 aliphatic heterocycles. The lowest BCUT2D eigenvalue weighted by Crippen LogP contribution is -2.31. The molecule has 2 aromatic carbocycles. The molecule has 0 aliphatic rings. The zero-order valence-electron chi connectivity index (χ0n) is 16.9. The van der Waals surface area contributed by atoms with E-state index in [1.54, 1.807) is 10.6 Å². The fourth-order valence-corrected chi connectivity index (χ4v) is 5.33. The molecule has 2 aromatic heterocycles. The molecule has 0 radical (unpaired) electrons. The van der Waals surface area contributed by atoms with Crippen LogP contribution in [0.4, 0.5) is 0 Å². The molecule has 29 heavy (non-hydrogen) atoms. The van der Waals surface area contributed by atoms with Crippen LogP contribution in [0.5, 0.6) is 0 Å². The van der Waals surface area contributed by atoms with Crippen LogP contribution in [0.25, 0.3) is 27.7 Å². The first-order valence-corrected chi connectivity index (χ1v) is 11.0. The van der Waals surface area contributed by atoms with E-state index in [0.717, 1.165) is 16.3 Å². The highest BCUT2D eigenvalue weighted by atomic mass is 32.2. The van der Waals surface area contributed by atoms with Crippen LogP contribution >= 0.6 is 0 Å². The standard InChI is InChI=1S/C21H23N5O2S/c1-5-25(6-2)29(27,28)19-13-16(12-11-14(19)3)20-17-9-7-8-10-18(17)21-23-22-15(4)26(21)24-20/h7-13H,5-6H2,1-4H3. The second-order valence-electron chi connectivity index (χ2n) is 6.95. The fourth-order valence-electron chi connectivity index (χ4n) is 3.62. The summed E-state index contributed by atoms with van der Waals surface area (Å²) < 4.78 is 29.5. The van der Waals surface area contributed by atoms with Crippen LogP contribution in [-0.4, -0.2) is 45.6 Å². The molecule has 7 nitrogen and oxygen atoms in total. The van der Waals surface area contributed by atoms with Gasteiger partial charge < -0.3 is 0 Å². The average Bonchev–Trinajstić information content (AvgIpc) is 3.09. The Labute approximate surface area is 170 Å². The van der Waals surface area contributed by atoms with Gasteiger partial charge in [-0.1, -0.05) is 50.2 Å². The summed E-state index contributed by atoms with van der Waals surface area (Å²) in [5.41, 5.74) is 2.84. The summed E-state index contributed by atoms with van der Waals surface area (Å²) in [6, 6.07) is 13.3. The molecule has 2 heterocycles. The Bertz CT molecular complexity index is 1320. The van der Waals surface area contributed by atoms with Crippen LogP contribution in [0.1, 0.15) is 25.2 Å². The largest absolute Gasteiger partial charge is 0.243 e. The van der Waals surface area contributed by atoms with Gasteiger partial charge in [-0.3, -0.25) is 0 Å². The van der Waals surface area contributed by atoms with Crippen molar-refractivity contribution in [3.8, 4) is 11.3 Å². The lowest BCUT2D eigenvalue weighted by Gasteiger charge is -2.20. The molecule has 4 rings (SSSR count). The van der Waals surface area contributed by atoms with Gasteiger partial charge >= 0.3 is 0 Å². The molecule has 0 fully saturated rings. The third-order valence-corrected chi connectivity index (χ3v) is 7.40. The first-order chi connectivity index (χ1) is 13.9. The minimum atomic E-state index is -3.58. The van der Waals surface area contributed by atoms with Crippen molar-refractivity contribution in [3.63, 3.8) is 0 Å². The number of aryl methyl sites for hydroxylation is 2. The molecule has 0 saturated heterocycles. The van der Waals surface area contributed by atoms with E-state index in [1.165, 1.54) is 4.31 Å². The Morgan fingerprint density at radius 2 is 1.66 bits per heavy atom. The van der Waals surface area contributed by atoms with E-state index in [1.807, 2.05) is 64.1 Å². The third kappa shape index (κ3) is 3.08. The summed E-state index contributed by atoms with van der Waals surface area (Å²) in [6.45, 7) is 8.21. The van der Waals surface area contributed by atoms with Gasteiger partial charge in [-0.25, -0.2) is 8.42 Å². The summed E-state index contributed by atoms with van der Waals surface area (Å²) in [6.07, 6.45) is 0. The van der Waals surface area contributed by atoms with Gasteiger partial charge in [-0.05, 0) is 25.5 Å². The number of sulfonamides is 1. The van der Waals surface area contributed by atoms with Crippen molar-refractivity contribution in [2.75, 3.05) is 13.1 Å². The number of hydrogen-bond acceptors (Lipinski definition) is 5. The van der Waals surface area contributed by atoms with Gasteiger partial charge in [-0.2, -0.15) is 13.9 Å². The lowest BCUT2D eigenvalue weighted by atomic mass is 10.0. The second-order valence-corrected chi connectivity index (χ2v) is 8.85. The Kier molecular flexibility index (Phi) is 4.84. The van der Waals surface area contributed by atoms with Crippen LogP contribution < -0.4 is 0 Å². The first kappa shape index (κ1) is 19.5. The topological polar surface area (TPSA) is 80.5 Å². The summed E-state index contributed by atoms with van der Waals surface area (Å²) >= 11 is 0. The Morgan fingerprint density at radius 3 is 2.34 bits per heavy atom. The van der Waals surface area contributed by atoms with E-state index in [0.29, 0.717) is 40.7 Å². The van der Waals surface area contributed by atoms with E-state index in [9.17, 15) is 8.42 Å². The monoisotopic (exact) mass is 409 g/mol. The van der Waals surface area contributed by atoms with Crippen molar-refractivity contribution in [1.29, 1.82) is 0 Å². The number of benzene rings is 2. The zero-order valence-corrected chi connectivity index (χ0v) is 17.7. The zero-order chi connectivity index (χ0) is 20.8. The molecule has 0 bridgehead atoms. The van der Waals surface area contributed by atoms with E-state index < -0.39 is 10.0 Å². The van der Waals surface area contributed by atoms with E-state index in [2.05, 4.69) is 10.2 Å². The Balaban J connectivity index is 2.01. The summed E-state index contributed by atoms with van der Waals surface area (Å²) in [7, 11) is -3.58. The smallest absolute Gasteiger partial charge is 0.207 e. The van der Waals surface area contributed by atoms with Crippen molar-refractivity contribution >= 4 is 26.4 Å². The highest BCUT2D eigenvalue weighted by molar-refractivity contribution is 7.89. The minimum absolute atomic E-state index is 0.310. The molecule has 0 aliphatic carbocycles. The molecule has 150 valence electrons.